The highest BCUT2D eigenvalue weighted by Gasteiger charge is 2.41. The Morgan fingerprint density at radius 2 is 2.03 bits per heavy atom. The molecule has 1 aromatic heterocycles. The number of aromatic nitrogens is 3. The van der Waals surface area contributed by atoms with Gasteiger partial charge < -0.3 is 14.2 Å². The van der Waals surface area contributed by atoms with Gasteiger partial charge in [-0.25, -0.2) is 19.3 Å². The van der Waals surface area contributed by atoms with Crippen LogP contribution >= 0.6 is 58.0 Å². The van der Waals surface area contributed by atoms with Gasteiger partial charge in [0.1, 0.15) is 31.4 Å². The van der Waals surface area contributed by atoms with E-state index in [0.717, 1.165) is 4.90 Å². The van der Waals surface area contributed by atoms with E-state index in [1.54, 1.807) is 12.1 Å². The van der Waals surface area contributed by atoms with E-state index in [1.807, 2.05) is 0 Å². The summed E-state index contributed by atoms with van der Waals surface area (Å²) in [5, 5.41) is 4.65. The number of nitrogens with zero attached hydrogens (tertiary/aromatic N) is 4. The van der Waals surface area contributed by atoms with Crippen molar-refractivity contribution in [1.82, 2.24) is 19.7 Å². The lowest BCUT2D eigenvalue weighted by Crippen LogP contribution is -2.41. The first-order chi connectivity index (χ1) is 15.5. The quantitative estimate of drug-likeness (QED) is 0.284. The maximum absolute atomic E-state index is 12.7. The molecule has 0 bridgehead atoms. The second kappa shape index (κ2) is 11.0. The van der Waals surface area contributed by atoms with Crippen molar-refractivity contribution in [2.45, 2.75) is 28.9 Å². The van der Waals surface area contributed by atoms with Gasteiger partial charge in [-0.05, 0) is 12.1 Å². The number of hydrogen-bond donors (Lipinski definition) is 0. The summed E-state index contributed by atoms with van der Waals surface area (Å²) in [7, 11) is 0. The van der Waals surface area contributed by atoms with Crippen LogP contribution in [0.3, 0.4) is 0 Å². The van der Waals surface area contributed by atoms with E-state index in [0.29, 0.717) is 10.6 Å². The van der Waals surface area contributed by atoms with E-state index in [2.05, 4.69) is 10.1 Å². The lowest BCUT2D eigenvalue weighted by Gasteiger charge is -2.23. The lowest BCUT2D eigenvalue weighted by atomic mass is 10.1. The van der Waals surface area contributed by atoms with E-state index < -0.39 is 53.7 Å². The number of cyclic esters (lactones) is 1. The number of carbonyl (C=O) groups excluding carboxylic acids is 3. The molecule has 15 heteroatoms. The molecule has 0 radical (unpaired) electrons. The van der Waals surface area contributed by atoms with E-state index >= 15 is 0 Å². The van der Waals surface area contributed by atoms with Crippen LogP contribution in [-0.4, -0.2) is 60.9 Å². The number of halogens is 5. The Kier molecular flexibility index (Phi) is 8.52. The maximum atomic E-state index is 12.7. The van der Waals surface area contributed by atoms with Gasteiger partial charge in [0.05, 0.1) is 13.0 Å². The third kappa shape index (κ3) is 7.25. The number of alkyl halides is 3. The number of rotatable bonds is 7. The summed E-state index contributed by atoms with van der Waals surface area (Å²) >= 11 is 28.9. The van der Waals surface area contributed by atoms with Crippen LogP contribution in [0.4, 0.5) is 4.79 Å². The summed E-state index contributed by atoms with van der Waals surface area (Å²) in [6.07, 6.45) is 0.343. The van der Waals surface area contributed by atoms with Crippen LogP contribution in [0.1, 0.15) is 18.1 Å². The highest BCUT2D eigenvalue weighted by atomic mass is 35.6. The van der Waals surface area contributed by atoms with Crippen molar-refractivity contribution in [2.24, 2.45) is 0 Å². The molecule has 1 aromatic carbocycles. The molecule has 1 amide bonds. The summed E-state index contributed by atoms with van der Waals surface area (Å²) in [4.78, 5) is 41.8. The van der Waals surface area contributed by atoms with Gasteiger partial charge in [0.2, 0.25) is 3.79 Å². The number of esters is 2. The molecule has 1 fully saturated rings. The minimum atomic E-state index is -1.85. The van der Waals surface area contributed by atoms with Crippen molar-refractivity contribution in [3.05, 3.63) is 46.5 Å². The first-order valence-electron chi connectivity index (χ1n) is 9.17. The molecule has 0 saturated carbocycles. The van der Waals surface area contributed by atoms with E-state index in [-0.39, 0.29) is 11.6 Å². The third-order valence-electron chi connectivity index (χ3n) is 4.35. The number of carbonyl (C=O) groups is 3. The largest absolute Gasteiger partial charge is 0.455 e. The molecule has 1 aliphatic heterocycles. The average Bonchev–Trinajstić information content (AvgIpc) is 3.35. The van der Waals surface area contributed by atoms with E-state index in [4.69, 9.17) is 72.2 Å². The zero-order chi connectivity index (χ0) is 24.2. The normalized spacial score (nSPS) is 16.9. The second-order valence-corrected chi connectivity index (χ2v) is 10.1. The topological polar surface area (TPSA) is 113 Å². The molecule has 2 atom stereocenters. The monoisotopic (exact) mass is 558 g/mol. The fourth-order valence-corrected chi connectivity index (χ4v) is 3.56. The van der Waals surface area contributed by atoms with Crippen LogP contribution in [0.2, 0.25) is 10.0 Å². The Labute approximate surface area is 212 Å². The van der Waals surface area contributed by atoms with Gasteiger partial charge in [-0.2, -0.15) is 5.10 Å². The number of ether oxygens (including phenoxy) is 3. The Balaban J connectivity index is 1.71. The van der Waals surface area contributed by atoms with Gasteiger partial charge in [-0.15, -0.1) is 0 Å². The van der Waals surface area contributed by atoms with Crippen molar-refractivity contribution in [3.63, 3.8) is 0 Å². The smallest absolute Gasteiger partial charge is 0.413 e. The number of benzene rings is 1. The molecule has 2 unspecified atom stereocenters. The standard InChI is InChI=1S/C18H15Cl5N4O6/c19-10-1-2-11(12(20)3-10)14(5-26-8-24-7-25-26)33-15(28)4-13-16(29)32-9-27(13)17(30)31-6-18(21,22)23/h1-3,7-8,13-14H,4-6,9H2. The summed E-state index contributed by atoms with van der Waals surface area (Å²) in [5.74, 6) is -1.62. The van der Waals surface area contributed by atoms with Crippen LogP contribution < -0.4 is 0 Å². The predicted molar refractivity (Wildman–Crippen MR) is 118 cm³/mol. The van der Waals surface area contributed by atoms with Crippen molar-refractivity contribution in [2.75, 3.05) is 13.3 Å². The predicted octanol–water partition coefficient (Wildman–Crippen LogP) is 3.95. The Hall–Kier alpha value is -1.98. The Morgan fingerprint density at radius 1 is 1.27 bits per heavy atom. The van der Waals surface area contributed by atoms with E-state index in [9.17, 15) is 14.4 Å². The fraction of sp³-hybridized carbons (Fsp3) is 0.389. The third-order valence-corrected chi connectivity index (χ3v) is 5.24. The van der Waals surface area contributed by atoms with Gasteiger partial charge in [0.15, 0.2) is 6.73 Å². The van der Waals surface area contributed by atoms with Gasteiger partial charge in [-0.3, -0.25) is 9.69 Å². The lowest BCUT2D eigenvalue weighted by molar-refractivity contribution is -0.153. The van der Waals surface area contributed by atoms with Gasteiger partial charge in [-0.1, -0.05) is 64.1 Å². The Bertz CT molecular complexity index is 1020. The van der Waals surface area contributed by atoms with E-state index in [1.165, 1.54) is 23.4 Å². The first kappa shape index (κ1) is 25.6. The number of hydrogen-bond acceptors (Lipinski definition) is 8. The SMILES string of the molecule is O=C(CC1C(=O)OCN1C(=O)OCC(Cl)(Cl)Cl)OC(Cn1cncn1)c1ccc(Cl)cc1Cl. The zero-order valence-corrected chi connectivity index (χ0v) is 20.3. The molecule has 178 valence electrons. The highest BCUT2D eigenvalue weighted by molar-refractivity contribution is 6.67. The van der Waals surface area contributed by atoms with Gasteiger partial charge in [0.25, 0.3) is 0 Å². The fourth-order valence-electron chi connectivity index (χ4n) is 2.87. The second-order valence-electron chi connectivity index (χ2n) is 6.71. The molecule has 0 N–H and O–H groups in total. The van der Waals surface area contributed by atoms with Crippen LogP contribution in [0, 0.1) is 0 Å². The molecule has 2 heterocycles. The molecule has 3 rings (SSSR count). The molecule has 10 nitrogen and oxygen atoms in total. The maximum Gasteiger partial charge on any atom is 0.413 e. The van der Waals surface area contributed by atoms with Crippen molar-refractivity contribution >= 4 is 76.0 Å². The minimum absolute atomic E-state index is 0.0806. The summed E-state index contributed by atoms with van der Waals surface area (Å²) in [5.41, 5.74) is 0.456. The van der Waals surface area contributed by atoms with Crippen molar-refractivity contribution < 1.29 is 28.6 Å². The molecule has 33 heavy (non-hydrogen) atoms. The molecule has 0 aliphatic carbocycles. The Morgan fingerprint density at radius 3 is 2.67 bits per heavy atom. The van der Waals surface area contributed by atoms with Gasteiger partial charge >= 0.3 is 18.0 Å². The molecule has 1 aliphatic rings. The van der Waals surface area contributed by atoms with Crippen molar-refractivity contribution in [3.8, 4) is 0 Å². The van der Waals surface area contributed by atoms with Gasteiger partial charge in [0, 0.05) is 15.6 Å². The molecule has 1 saturated heterocycles. The average molecular weight is 561 g/mol. The minimum Gasteiger partial charge on any atom is -0.455 e. The van der Waals surface area contributed by atoms with Crippen LogP contribution in [-0.2, 0) is 30.3 Å². The summed E-state index contributed by atoms with van der Waals surface area (Å²) in [6, 6.07) is 3.40. The summed E-state index contributed by atoms with van der Waals surface area (Å²) in [6.45, 7) is -0.911. The molecular formula is C18H15Cl5N4O6. The summed E-state index contributed by atoms with van der Waals surface area (Å²) < 4.78 is 14.9. The van der Waals surface area contributed by atoms with Crippen LogP contribution in [0.25, 0.3) is 0 Å². The highest BCUT2D eigenvalue weighted by Crippen LogP contribution is 2.31. The van der Waals surface area contributed by atoms with Crippen LogP contribution in [0.15, 0.2) is 30.9 Å². The van der Waals surface area contributed by atoms with Crippen LogP contribution in [0.5, 0.6) is 0 Å². The molecule has 2 aromatic rings. The zero-order valence-electron chi connectivity index (χ0n) is 16.5. The number of amides is 1. The van der Waals surface area contributed by atoms with Crippen molar-refractivity contribution in [1.29, 1.82) is 0 Å². The first-order valence-corrected chi connectivity index (χ1v) is 11.1. The molecular weight excluding hydrogens is 545 g/mol. The molecule has 0 spiro atoms.